The van der Waals surface area contributed by atoms with Crippen molar-refractivity contribution in [1.82, 2.24) is 10.2 Å². The number of likely N-dealkylation sites (tertiary alicyclic amines) is 1. The lowest BCUT2D eigenvalue weighted by atomic mass is 10.0. The summed E-state index contributed by atoms with van der Waals surface area (Å²) in [7, 11) is 2.01. The summed E-state index contributed by atoms with van der Waals surface area (Å²) in [5.41, 5.74) is 0.788. The second-order valence-electron chi connectivity index (χ2n) is 4.57. The monoisotopic (exact) mass is 336 g/mol. The Bertz CT molecular complexity index is 381. The maximum Gasteiger partial charge on any atom is 0.128 e. The third-order valence-electron chi connectivity index (χ3n) is 3.40. The van der Waals surface area contributed by atoms with E-state index in [0.717, 1.165) is 42.5 Å². The van der Waals surface area contributed by atoms with Crippen molar-refractivity contribution < 1.29 is 4.39 Å². The third-order valence-corrected chi connectivity index (χ3v) is 3.90. The van der Waals surface area contributed by atoms with E-state index in [0.29, 0.717) is 6.04 Å². The van der Waals surface area contributed by atoms with Crippen molar-refractivity contribution >= 4 is 28.3 Å². The molecule has 1 saturated heterocycles. The molecule has 1 heterocycles. The van der Waals surface area contributed by atoms with Gasteiger partial charge in [-0.05, 0) is 45.1 Å². The minimum Gasteiger partial charge on any atom is -0.317 e. The van der Waals surface area contributed by atoms with E-state index in [1.807, 2.05) is 19.2 Å². The first-order valence-electron chi connectivity index (χ1n) is 6.02. The number of nitrogens with zero attached hydrogens (tertiary/aromatic N) is 1. The molecule has 0 amide bonds. The average molecular weight is 338 g/mol. The quantitative estimate of drug-likeness (QED) is 0.911. The molecule has 0 saturated carbocycles. The lowest BCUT2D eigenvalue weighted by molar-refractivity contribution is 0.192. The van der Waals surface area contributed by atoms with E-state index in [-0.39, 0.29) is 18.2 Å². The molecule has 5 heteroatoms. The topological polar surface area (TPSA) is 15.3 Å². The molecule has 0 spiro atoms. The standard InChI is InChI=1S/C13H18BrFN2.ClH/c1-16-12-4-6-17(7-5-12)9-10-2-3-11(14)8-13(10)15;/h2-3,8,12,16H,4-7,9H2,1H3;1H. The first-order valence-corrected chi connectivity index (χ1v) is 6.82. The van der Waals surface area contributed by atoms with Crippen LogP contribution in [0.4, 0.5) is 4.39 Å². The van der Waals surface area contributed by atoms with E-state index < -0.39 is 0 Å². The van der Waals surface area contributed by atoms with E-state index in [1.165, 1.54) is 6.07 Å². The molecule has 0 bridgehead atoms. The van der Waals surface area contributed by atoms with Crippen LogP contribution in [0.2, 0.25) is 0 Å². The zero-order valence-electron chi connectivity index (χ0n) is 10.5. The molecule has 1 aliphatic heterocycles. The Morgan fingerprint density at radius 2 is 2.06 bits per heavy atom. The molecule has 1 N–H and O–H groups in total. The second-order valence-corrected chi connectivity index (χ2v) is 5.49. The van der Waals surface area contributed by atoms with Crippen LogP contribution in [0.5, 0.6) is 0 Å². The fourth-order valence-electron chi connectivity index (χ4n) is 2.27. The van der Waals surface area contributed by atoms with Crippen LogP contribution in [-0.4, -0.2) is 31.1 Å². The van der Waals surface area contributed by atoms with Gasteiger partial charge in [-0.2, -0.15) is 0 Å². The summed E-state index contributed by atoms with van der Waals surface area (Å²) >= 11 is 3.28. The summed E-state index contributed by atoms with van der Waals surface area (Å²) in [5.74, 6) is -0.116. The van der Waals surface area contributed by atoms with E-state index >= 15 is 0 Å². The summed E-state index contributed by atoms with van der Waals surface area (Å²) < 4.78 is 14.5. The second kappa shape index (κ2) is 7.43. The van der Waals surface area contributed by atoms with Crippen molar-refractivity contribution in [1.29, 1.82) is 0 Å². The van der Waals surface area contributed by atoms with Gasteiger partial charge >= 0.3 is 0 Å². The van der Waals surface area contributed by atoms with Crippen LogP contribution in [0.25, 0.3) is 0 Å². The Balaban J connectivity index is 0.00000162. The van der Waals surface area contributed by atoms with Crippen molar-refractivity contribution in [3.05, 3.63) is 34.1 Å². The predicted octanol–water partition coefficient (Wildman–Crippen LogP) is 3.19. The van der Waals surface area contributed by atoms with E-state index in [2.05, 4.69) is 26.1 Å². The Labute approximate surface area is 122 Å². The predicted molar refractivity (Wildman–Crippen MR) is 78.7 cm³/mol. The fourth-order valence-corrected chi connectivity index (χ4v) is 2.60. The summed E-state index contributed by atoms with van der Waals surface area (Å²) in [6.07, 6.45) is 2.29. The van der Waals surface area contributed by atoms with Crippen molar-refractivity contribution in [2.24, 2.45) is 0 Å². The molecule has 2 nitrogen and oxygen atoms in total. The van der Waals surface area contributed by atoms with Gasteiger partial charge in [0.2, 0.25) is 0 Å². The van der Waals surface area contributed by atoms with Crippen LogP contribution in [-0.2, 0) is 6.54 Å². The minimum absolute atomic E-state index is 0. The molecule has 1 aromatic rings. The number of hydrogen-bond donors (Lipinski definition) is 1. The van der Waals surface area contributed by atoms with Crippen LogP contribution >= 0.6 is 28.3 Å². The summed E-state index contributed by atoms with van der Waals surface area (Å²) in [5, 5.41) is 3.30. The maximum atomic E-state index is 13.7. The van der Waals surface area contributed by atoms with Gasteiger partial charge in [-0.3, -0.25) is 4.90 Å². The van der Waals surface area contributed by atoms with Gasteiger partial charge in [0.15, 0.2) is 0 Å². The molecule has 0 aromatic heterocycles. The number of hydrogen-bond acceptors (Lipinski definition) is 2. The van der Waals surface area contributed by atoms with Gasteiger partial charge in [0.25, 0.3) is 0 Å². The first kappa shape index (κ1) is 15.9. The zero-order valence-corrected chi connectivity index (χ0v) is 12.9. The number of halogens is 3. The summed E-state index contributed by atoms with van der Waals surface area (Å²) in [4.78, 5) is 2.32. The van der Waals surface area contributed by atoms with Gasteiger partial charge in [-0.1, -0.05) is 22.0 Å². The van der Waals surface area contributed by atoms with Crippen molar-refractivity contribution in [3.63, 3.8) is 0 Å². The highest BCUT2D eigenvalue weighted by molar-refractivity contribution is 9.10. The summed E-state index contributed by atoms with van der Waals surface area (Å²) in [6, 6.07) is 5.93. The average Bonchev–Trinajstić information content (AvgIpc) is 2.34. The van der Waals surface area contributed by atoms with Gasteiger partial charge in [-0.15, -0.1) is 12.4 Å². The van der Waals surface area contributed by atoms with Crippen LogP contribution < -0.4 is 5.32 Å². The van der Waals surface area contributed by atoms with E-state index in [9.17, 15) is 4.39 Å². The molecule has 1 aromatic carbocycles. The highest BCUT2D eigenvalue weighted by atomic mass is 79.9. The molecule has 1 aliphatic rings. The molecule has 18 heavy (non-hydrogen) atoms. The highest BCUT2D eigenvalue weighted by Crippen LogP contribution is 2.19. The minimum atomic E-state index is -0.116. The van der Waals surface area contributed by atoms with E-state index in [1.54, 1.807) is 0 Å². The SMILES string of the molecule is CNC1CCN(Cc2ccc(Br)cc2F)CC1.Cl. The smallest absolute Gasteiger partial charge is 0.128 e. The normalized spacial score (nSPS) is 17.5. The largest absolute Gasteiger partial charge is 0.317 e. The van der Waals surface area contributed by atoms with Crippen molar-refractivity contribution in [2.45, 2.75) is 25.4 Å². The molecule has 0 atom stereocenters. The van der Waals surface area contributed by atoms with Crippen LogP contribution in [0, 0.1) is 5.82 Å². The number of nitrogens with one attached hydrogen (secondary N) is 1. The molecule has 2 rings (SSSR count). The van der Waals surface area contributed by atoms with Gasteiger partial charge < -0.3 is 5.32 Å². The highest BCUT2D eigenvalue weighted by Gasteiger charge is 2.18. The van der Waals surface area contributed by atoms with Gasteiger partial charge in [0.1, 0.15) is 5.82 Å². The molecule has 1 fully saturated rings. The van der Waals surface area contributed by atoms with Gasteiger partial charge in [-0.25, -0.2) is 4.39 Å². The maximum absolute atomic E-state index is 13.7. The Morgan fingerprint density at radius 3 is 2.61 bits per heavy atom. The Kier molecular flexibility index (Phi) is 6.57. The molecule has 0 aliphatic carbocycles. The van der Waals surface area contributed by atoms with Gasteiger partial charge in [0, 0.05) is 22.6 Å². The molecule has 102 valence electrons. The van der Waals surface area contributed by atoms with Crippen LogP contribution in [0.15, 0.2) is 22.7 Å². The van der Waals surface area contributed by atoms with Crippen LogP contribution in [0.1, 0.15) is 18.4 Å². The zero-order chi connectivity index (χ0) is 12.3. The van der Waals surface area contributed by atoms with Crippen LogP contribution in [0.3, 0.4) is 0 Å². The third kappa shape index (κ3) is 4.19. The number of rotatable bonds is 3. The lowest BCUT2D eigenvalue weighted by Crippen LogP contribution is -2.40. The molecule has 0 unspecified atom stereocenters. The van der Waals surface area contributed by atoms with Gasteiger partial charge in [0.05, 0.1) is 0 Å². The van der Waals surface area contributed by atoms with Crippen molar-refractivity contribution in [3.8, 4) is 0 Å². The Hall–Kier alpha value is -0.160. The molecular formula is C13H19BrClFN2. The first-order chi connectivity index (χ1) is 8.19. The fraction of sp³-hybridized carbons (Fsp3) is 0.538. The number of piperidine rings is 1. The number of benzene rings is 1. The Morgan fingerprint density at radius 1 is 1.39 bits per heavy atom. The van der Waals surface area contributed by atoms with Crippen molar-refractivity contribution in [2.75, 3.05) is 20.1 Å². The molecular weight excluding hydrogens is 319 g/mol. The lowest BCUT2D eigenvalue weighted by Gasteiger charge is -2.31. The summed E-state index contributed by atoms with van der Waals surface area (Å²) in [6.45, 7) is 2.80. The molecule has 0 radical (unpaired) electrons. The van der Waals surface area contributed by atoms with E-state index in [4.69, 9.17) is 0 Å².